The molecule has 3 nitrogen and oxygen atoms in total. The number of hydrogen-bond acceptors (Lipinski definition) is 3. The van der Waals surface area contributed by atoms with E-state index < -0.39 is 0 Å². The quantitative estimate of drug-likeness (QED) is 0.611. The molecule has 0 aromatic heterocycles. The van der Waals surface area contributed by atoms with Gasteiger partial charge in [-0.2, -0.15) is 0 Å². The number of aryl methyl sites for hydroxylation is 2. The Hall–Kier alpha value is -1.77. The van der Waals surface area contributed by atoms with E-state index >= 15 is 0 Å². The van der Waals surface area contributed by atoms with Crippen molar-refractivity contribution in [2.45, 2.75) is 20.3 Å². The van der Waals surface area contributed by atoms with Crippen molar-refractivity contribution >= 4 is 11.7 Å². The molecule has 1 fully saturated rings. The SMILES string of the molecule is Cc1cc(C)cc(N/C=C2\CCOC2=O)c1. The van der Waals surface area contributed by atoms with Gasteiger partial charge < -0.3 is 10.1 Å². The van der Waals surface area contributed by atoms with Crippen LogP contribution in [0, 0.1) is 13.8 Å². The summed E-state index contributed by atoms with van der Waals surface area (Å²) >= 11 is 0. The number of carbonyl (C=O) groups is 1. The lowest BCUT2D eigenvalue weighted by molar-refractivity contribution is -0.135. The Bertz CT molecular complexity index is 429. The van der Waals surface area contributed by atoms with Gasteiger partial charge in [-0.1, -0.05) is 6.07 Å². The van der Waals surface area contributed by atoms with Gasteiger partial charge in [0, 0.05) is 18.3 Å². The van der Waals surface area contributed by atoms with E-state index in [2.05, 4.69) is 25.2 Å². The number of carbonyl (C=O) groups excluding carboxylic acids is 1. The summed E-state index contributed by atoms with van der Waals surface area (Å²) in [6.07, 6.45) is 2.43. The van der Waals surface area contributed by atoms with Gasteiger partial charge in [-0.05, 0) is 37.1 Å². The van der Waals surface area contributed by atoms with Crippen LogP contribution < -0.4 is 5.32 Å². The van der Waals surface area contributed by atoms with E-state index in [1.54, 1.807) is 6.20 Å². The third kappa shape index (κ3) is 2.42. The number of anilines is 1. The highest BCUT2D eigenvalue weighted by Gasteiger charge is 2.17. The van der Waals surface area contributed by atoms with Crippen LogP contribution in [0.1, 0.15) is 17.5 Å². The highest BCUT2D eigenvalue weighted by Crippen LogP contribution is 2.16. The molecule has 0 atom stereocenters. The first-order valence-electron chi connectivity index (χ1n) is 5.36. The molecular formula is C13H15NO2. The Morgan fingerprint density at radius 1 is 1.25 bits per heavy atom. The first-order chi connectivity index (χ1) is 7.65. The number of rotatable bonds is 2. The Labute approximate surface area is 95.1 Å². The molecule has 1 aromatic rings. The Kier molecular flexibility index (Phi) is 2.95. The topological polar surface area (TPSA) is 38.3 Å². The maximum atomic E-state index is 11.2. The zero-order valence-corrected chi connectivity index (χ0v) is 9.54. The van der Waals surface area contributed by atoms with Gasteiger partial charge >= 0.3 is 5.97 Å². The summed E-state index contributed by atoms with van der Waals surface area (Å²) in [7, 11) is 0. The van der Waals surface area contributed by atoms with Crippen LogP contribution in [0.4, 0.5) is 5.69 Å². The van der Waals surface area contributed by atoms with Gasteiger partial charge in [-0.25, -0.2) is 4.79 Å². The van der Waals surface area contributed by atoms with E-state index in [1.807, 2.05) is 12.1 Å². The van der Waals surface area contributed by atoms with Crippen molar-refractivity contribution in [3.8, 4) is 0 Å². The third-order valence-electron chi connectivity index (χ3n) is 2.50. The van der Waals surface area contributed by atoms with Gasteiger partial charge in [0.05, 0.1) is 12.2 Å². The first-order valence-corrected chi connectivity index (χ1v) is 5.36. The molecule has 84 valence electrons. The first kappa shape index (κ1) is 10.7. The molecule has 2 rings (SSSR count). The average molecular weight is 217 g/mol. The molecule has 1 aliphatic rings. The van der Waals surface area contributed by atoms with Gasteiger partial charge in [0.25, 0.3) is 0 Å². The number of esters is 1. The molecule has 1 heterocycles. The molecule has 16 heavy (non-hydrogen) atoms. The van der Waals surface area contributed by atoms with E-state index in [9.17, 15) is 4.79 Å². The summed E-state index contributed by atoms with van der Waals surface area (Å²) in [5.74, 6) is -0.211. The van der Waals surface area contributed by atoms with Crippen molar-refractivity contribution in [3.63, 3.8) is 0 Å². The molecule has 0 unspecified atom stereocenters. The molecule has 0 spiro atoms. The van der Waals surface area contributed by atoms with E-state index in [4.69, 9.17) is 4.74 Å². The zero-order chi connectivity index (χ0) is 11.5. The van der Waals surface area contributed by atoms with Gasteiger partial charge in [0.2, 0.25) is 0 Å². The summed E-state index contributed by atoms with van der Waals surface area (Å²) in [4.78, 5) is 11.2. The Balaban J connectivity index is 2.12. The fraction of sp³-hybridized carbons (Fsp3) is 0.308. The van der Waals surface area contributed by atoms with Crippen molar-refractivity contribution in [3.05, 3.63) is 41.1 Å². The van der Waals surface area contributed by atoms with Crippen molar-refractivity contribution < 1.29 is 9.53 Å². The van der Waals surface area contributed by atoms with Crippen LogP contribution in [0.3, 0.4) is 0 Å². The van der Waals surface area contributed by atoms with E-state index in [1.165, 1.54) is 11.1 Å². The molecule has 0 radical (unpaired) electrons. The molecule has 1 N–H and O–H groups in total. The molecule has 1 saturated heterocycles. The standard InChI is InChI=1S/C13H15NO2/c1-9-5-10(2)7-12(6-9)14-8-11-3-4-16-13(11)15/h5-8,14H,3-4H2,1-2H3/b11-8+. The van der Waals surface area contributed by atoms with Crippen LogP contribution in [0.25, 0.3) is 0 Å². The van der Waals surface area contributed by atoms with Crippen LogP contribution >= 0.6 is 0 Å². The summed E-state index contributed by atoms with van der Waals surface area (Å²) in [6.45, 7) is 4.60. The maximum absolute atomic E-state index is 11.2. The summed E-state index contributed by atoms with van der Waals surface area (Å²) in [5, 5.41) is 3.14. The summed E-state index contributed by atoms with van der Waals surface area (Å²) in [5.41, 5.74) is 4.12. The molecule has 0 aliphatic carbocycles. The lowest BCUT2D eigenvalue weighted by Gasteiger charge is -2.04. The van der Waals surface area contributed by atoms with Crippen molar-refractivity contribution in [1.82, 2.24) is 0 Å². The molecule has 1 aliphatic heterocycles. The van der Waals surface area contributed by atoms with Crippen LogP contribution in [0.15, 0.2) is 30.0 Å². The minimum atomic E-state index is -0.211. The predicted molar refractivity (Wildman–Crippen MR) is 63.2 cm³/mol. The van der Waals surface area contributed by atoms with Crippen LogP contribution in [-0.4, -0.2) is 12.6 Å². The molecule has 0 amide bonds. The van der Waals surface area contributed by atoms with Crippen LogP contribution in [0.2, 0.25) is 0 Å². The van der Waals surface area contributed by atoms with E-state index in [0.717, 1.165) is 5.69 Å². The Morgan fingerprint density at radius 3 is 2.50 bits per heavy atom. The number of benzene rings is 1. The lowest BCUT2D eigenvalue weighted by atomic mass is 10.1. The van der Waals surface area contributed by atoms with Gasteiger partial charge in [0.1, 0.15) is 0 Å². The number of nitrogens with one attached hydrogen (secondary N) is 1. The zero-order valence-electron chi connectivity index (χ0n) is 9.54. The van der Waals surface area contributed by atoms with Crippen LogP contribution in [-0.2, 0) is 9.53 Å². The second kappa shape index (κ2) is 4.39. The summed E-state index contributed by atoms with van der Waals surface area (Å²) < 4.78 is 4.85. The fourth-order valence-corrected chi connectivity index (χ4v) is 1.81. The minimum Gasteiger partial charge on any atom is -0.462 e. The number of cyclic esters (lactones) is 1. The molecular weight excluding hydrogens is 202 g/mol. The smallest absolute Gasteiger partial charge is 0.335 e. The highest BCUT2D eigenvalue weighted by molar-refractivity contribution is 5.90. The van der Waals surface area contributed by atoms with Crippen molar-refractivity contribution in [2.24, 2.45) is 0 Å². The largest absolute Gasteiger partial charge is 0.462 e. The predicted octanol–water partition coefficient (Wildman–Crippen LogP) is 2.55. The number of hydrogen-bond donors (Lipinski definition) is 1. The van der Waals surface area contributed by atoms with Gasteiger partial charge in [-0.15, -0.1) is 0 Å². The molecule has 0 saturated carbocycles. The van der Waals surface area contributed by atoms with E-state index in [-0.39, 0.29) is 5.97 Å². The van der Waals surface area contributed by atoms with E-state index in [0.29, 0.717) is 18.6 Å². The van der Waals surface area contributed by atoms with Gasteiger partial charge in [0.15, 0.2) is 0 Å². The molecule has 3 heteroatoms. The number of ether oxygens (including phenoxy) is 1. The second-order valence-corrected chi connectivity index (χ2v) is 4.08. The average Bonchev–Trinajstić information content (AvgIpc) is 2.59. The normalized spacial score (nSPS) is 17.6. The molecule has 1 aromatic carbocycles. The molecule has 0 bridgehead atoms. The van der Waals surface area contributed by atoms with Crippen molar-refractivity contribution in [1.29, 1.82) is 0 Å². The monoisotopic (exact) mass is 217 g/mol. The maximum Gasteiger partial charge on any atom is 0.335 e. The Morgan fingerprint density at radius 2 is 1.94 bits per heavy atom. The second-order valence-electron chi connectivity index (χ2n) is 4.08. The minimum absolute atomic E-state index is 0.211. The summed E-state index contributed by atoms with van der Waals surface area (Å²) in [6, 6.07) is 6.21. The van der Waals surface area contributed by atoms with Crippen molar-refractivity contribution in [2.75, 3.05) is 11.9 Å². The van der Waals surface area contributed by atoms with Gasteiger partial charge in [-0.3, -0.25) is 0 Å². The van der Waals surface area contributed by atoms with Crippen LogP contribution in [0.5, 0.6) is 0 Å². The fourth-order valence-electron chi connectivity index (χ4n) is 1.81. The lowest BCUT2D eigenvalue weighted by Crippen LogP contribution is -1.98. The highest BCUT2D eigenvalue weighted by atomic mass is 16.5. The third-order valence-corrected chi connectivity index (χ3v) is 2.50.